The van der Waals surface area contributed by atoms with Gasteiger partial charge in [0.2, 0.25) is 17.2 Å². The van der Waals surface area contributed by atoms with Crippen LogP contribution in [0.4, 0.5) is 11.9 Å². The number of halogens is 1. The molecule has 0 saturated carbocycles. The normalized spacial score (nSPS) is 18.9. The van der Waals surface area contributed by atoms with Crippen LogP contribution in [0, 0.1) is 5.92 Å². The van der Waals surface area contributed by atoms with Crippen LogP contribution in [0.2, 0.25) is 5.28 Å². The smallest absolute Gasteiger partial charge is 0.230 e. The van der Waals surface area contributed by atoms with Crippen molar-refractivity contribution in [3.63, 3.8) is 0 Å². The second-order valence-electron chi connectivity index (χ2n) is 4.57. The SMILES string of the molecule is CN(C)c1nc(Cl)nc(NCCC2CCOC2)n1. The van der Waals surface area contributed by atoms with Crippen LogP contribution in [0.3, 0.4) is 0 Å². The van der Waals surface area contributed by atoms with Crippen molar-refractivity contribution < 1.29 is 4.74 Å². The summed E-state index contributed by atoms with van der Waals surface area (Å²) in [6, 6.07) is 0. The number of anilines is 2. The largest absolute Gasteiger partial charge is 0.381 e. The Hall–Kier alpha value is -1.14. The van der Waals surface area contributed by atoms with Crippen LogP contribution < -0.4 is 10.2 Å². The van der Waals surface area contributed by atoms with Gasteiger partial charge in [-0.2, -0.15) is 15.0 Å². The van der Waals surface area contributed by atoms with E-state index in [1.165, 1.54) is 0 Å². The topological polar surface area (TPSA) is 63.2 Å². The molecule has 0 radical (unpaired) electrons. The lowest BCUT2D eigenvalue weighted by atomic mass is 10.1. The van der Waals surface area contributed by atoms with Crippen molar-refractivity contribution in [2.24, 2.45) is 5.92 Å². The van der Waals surface area contributed by atoms with Gasteiger partial charge in [-0.05, 0) is 30.4 Å². The summed E-state index contributed by atoms with van der Waals surface area (Å²) in [5.74, 6) is 1.72. The molecule has 1 fully saturated rings. The fourth-order valence-electron chi connectivity index (χ4n) is 1.82. The quantitative estimate of drug-likeness (QED) is 0.874. The van der Waals surface area contributed by atoms with E-state index in [9.17, 15) is 0 Å². The first-order valence-electron chi connectivity index (χ1n) is 6.05. The number of hydrogen-bond donors (Lipinski definition) is 1. The molecule has 0 bridgehead atoms. The van der Waals surface area contributed by atoms with E-state index in [0.717, 1.165) is 32.6 Å². The number of rotatable bonds is 5. The Balaban J connectivity index is 1.88. The van der Waals surface area contributed by atoms with Gasteiger partial charge >= 0.3 is 0 Å². The van der Waals surface area contributed by atoms with Crippen LogP contribution >= 0.6 is 11.6 Å². The first-order valence-corrected chi connectivity index (χ1v) is 6.43. The van der Waals surface area contributed by atoms with Gasteiger partial charge in [-0.15, -0.1) is 0 Å². The molecular weight excluding hydrogens is 254 g/mol. The standard InChI is InChI=1S/C11H18ClN5O/c1-17(2)11-15-9(12)14-10(16-11)13-5-3-8-4-6-18-7-8/h8H,3-7H2,1-2H3,(H,13,14,15,16). The average molecular weight is 272 g/mol. The number of nitrogens with zero attached hydrogens (tertiary/aromatic N) is 4. The van der Waals surface area contributed by atoms with Gasteiger partial charge in [0.1, 0.15) is 0 Å². The van der Waals surface area contributed by atoms with Gasteiger partial charge in [-0.3, -0.25) is 0 Å². The van der Waals surface area contributed by atoms with Crippen LogP contribution in [-0.2, 0) is 4.74 Å². The van der Waals surface area contributed by atoms with Crippen LogP contribution in [0.1, 0.15) is 12.8 Å². The zero-order valence-electron chi connectivity index (χ0n) is 10.7. The Kier molecular flexibility index (Phi) is 4.54. The number of aromatic nitrogens is 3. The maximum Gasteiger partial charge on any atom is 0.230 e. The van der Waals surface area contributed by atoms with Gasteiger partial charge in [0.05, 0.1) is 0 Å². The molecule has 0 spiro atoms. The fourth-order valence-corrected chi connectivity index (χ4v) is 1.97. The molecule has 1 atom stereocenters. The molecule has 2 heterocycles. The summed E-state index contributed by atoms with van der Waals surface area (Å²) in [6.07, 6.45) is 2.20. The van der Waals surface area contributed by atoms with E-state index in [0.29, 0.717) is 17.8 Å². The second kappa shape index (κ2) is 6.15. The van der Waals surface area contributed by atoms with Gasteiger partial charge in [0.15, 0.2) is 0 Å². The van der Waals surface area contributed by atoms with Gasteiger partial charge in [0, 0.05) is 33.9 Å². The van der Waals surface area contributed by atoms with Crippen LogP contribution in [0.5, 0.6) is 0 Å². The monoisotopic (exact) mass is 271 g/mol. The molecule has 100 valence electrons. The molecule has 6 nitrogen and oxygen atoms in total. The molecule has 1 unspecified atom stereocenters. The highest BCUT2D eigenvalue weighted by atomic mass is 35.5. The summed E-state index contributed by atoms with van der Waals surface area (Å²) in [5, 5.41) is 3.39. The highest BCUT2D eigenvalue weighted by Gasteiger charge is 2.15. The molecule has 1 aromatic heterocycles. The van der Waals surface area contributed by atoms with E-state index in [1.807, 2.05) is 14.1 Å². The lowest BCUT2D eigenvalue weighted by molar-refractivity contribution is 0.185. The van der Waals surface area contributed by atoms with E-state index < -0.39 is 0 Å². The van der Waals surface area contributed by atoms with Gasteiger partial charge < -0.3 is 15.0 Å². The molecule has 0 aliphatic carbocycles. The van der Waals surface area contributed by atoms with Crippen molar-refractivity contribution in [1.29, 1.82) is 0 Å². The molecular formula is C11H18ClN5O. The molecule has 1 aliphatic heterocycles. The first-order chi connectivity index (χ1) is 8.65. The van der Waals surface area contributed by atoms with Crippen LogP contribution in [0.15, 0.2) is 0 Å². The van der Waals surface area contributed by atoms with Gasteiger partial charge in [-0.25, -0.2) is 0 Å². The van der Waals surface area contributed by atoms with Gasteiger partial charge in [-0.1, -0.05) is 0 Å². The highest BCUT2D eigenvalue weighted by molar-refractivity contribution is 6.28. The predicted molar refractivity (Wildman–Crippen MR) is 71.2 cm³/mol. The van der Waals surface area contributed by atoms with Gasteiger partial charge in [0.25, 0.3) is 0 Å². The Labute approximate surface area is 112 Å². The predicted octanol–water partition coefficient (Wildman–Crippen LogP) is 1.43. The van der Waals surface area contributed by atoms with Crippen LogP contribution in [-0.4, -0.2) is 48.8 Å². The minimum absolute atomic E-state index is 0.209. The Morgan fingerprint density at radius 3 is 2.89 bits per heavy atom. The third-order valence-electron chi connectivity index (χ3n) is 2.86. The molecule has 2 rings (SSSR count). The van der Waals surface area contributed by atoms with Crippen molar-refractivity contribution in [3.05, 3.63) is 5.28 Å². The highest BCUT2D eigenvalue weighted by Crippen LogP contribution is 2.16. The zero-order valence-corrected chi connectivity index (χ0v) is 11.4. The molecule has 7 heteroatoms. The summed E-state index contributed by atoms with van der Waals surface area (Å²) in [5.41, 5.74) is 0. The van der Waals surface area contributed by atoms with E-state index >= 15 is 0 Å². The lowest BCUT2D eigenvalue weighted by Gasteiger charge is -2.12. The number of ether oxygens (including phenoxy) is 1. The third kappa shape index (κ3) is 3.68. The summed E-state index contributed by atoms with van der Waals surface area (Å²) < 4.78 is 5.33. The van der Waals surface area contributed by atoms with Crippen LogP contribution in [0.25, 0.3) is 0 Å². The lowest BCUT2D eigenvalue weighted by Crippen LogP contribution is -2.16. The Bertz CT molecular complexity index is 395. The maximum absolute atomic E-state index is 5.85. The summed E-state index contributed by atoms with van der Waals surface area (Å²) >= 11 is 5.85. The third-order valence-corrected chi connectivity index (χ3v) is 3.03. The van der Waals surface area contributed by atoms with E-state index in [2.05, 4.69) is 20.3 Å². The second-order valence-corrected chi connectivity index (χ2v) is 4.91. The zero-order chi connectivity index (χ0) is 13.0. The average Bonchev–Trinajstić information content (AvgIpc) is 2.81. The minimum atomic E-state index is 0.209. The molecule has 18 heavy (non-hydrogen) atoms. The molecule has 0 amide bonds. The first kappa shape index (κ1) is 13.3. The Morgan fingerprint density at radius 1 is 1.39 bits per heavy atom. The molecule has 1 aliphatic rings. The van der Waals surface area contributed by atoms with Crippen molar-refractivity contribution in [3.8, 4) is 0 Å². The maximum atomic E-state index is 5.85. The number of hydrogen-bond acceptors (Lipinski definition) is 6. The Morgan fingerprint density at radius 2 is 2.22 bits per heavy atom. The van der Waals surface area contributed by atoms with Crippen molar-refractivity contribution in [2.75, 3.05) is 44.1 Å². The molecule has 0 aromatic carbocycles. The number of nitrogens with one attached hydrogen (secondary N) is 1. The minimum Gasteiger partial charge on any atom is -0.381 e. The summed E-state index contributed by atoms with van der Waals surface area (Å²) in [6.45, 7) is 2.57. The van der Waals surface area contributed by atoms with E-state index in [4.69, 9.17) is 16.3 Å². The molecule has 1 aromatic rings. The van der Waals surface area contributed by atoms with E-state index in [1.54, 1.807) is 4.90 Å². The summed E-state index contributed by atoms with van der Waals surface area (Å²) in [4.78, 5) is 14.2. The fraction of sp³-hybridized carbons (Fsp3) is 0.727. The van der Waals surface area contributed by atoms with Crippen molar-refractivity contribution in [1.82, 2.24) is 15.0 Å². The van der Waals surface area contributed by atoms with Crippen molar-refractivity contribution >= 4 is 23.5 Å². The van der Waals surface area contributed by atoms with E-state index in [-0.39, 0.29) is 5.28 Å². The molecule has 1 saturated heterocycles. The summed E-state index contributed by atoms with van der Waals surface area (Å²) in [7, 11) is 3.73. The molecule has 1 N–H and O–H groups in total. The van der Waals surface area contributed by atoms with Crippen molar-refractivity contribution in [2.45, 2.75) is 12.8 Å².